The molecule has 0 saturated heterocycles. The van der Waals surface area contributed by atoms with Crippen LogP contribution in [0.3, 0.4) is 0 Å². The molecule has 3 aromatic rings. The van der Waals surface area contributed by atoms with Crippen LogP contribution in [-0.4, -0.2) is 31.0 Å². The lowest BCUT2D eigenvalue weighted by atomic mass is 10.1. The minimum Gasteiger partial charge on any atom is -0.490 e. The SMILES string of the molecule is CN(CCOc1ccccc1Cl)C(=O)c1cc2ccccc2oc1=O. The van der Waals surface area contributed by atoms with Gasteiger partial charge in [0.15, 0.2) is 0 Å². The van der Waals surface area contributed by atoms with Gasteiger partial charge >= 0.3 is 5.63 Å². The van der Waals surface area contributed by atoms with Crippen LogP contribution in [0.4, 0.5) is 0 Å². The summed E-state index contributed by atoms with van der Waals surface area (Å²) in [5, 5.41) is 1.21. The molecule has 0 fully saturated rings. The van der Waals surface area contributed by atoms with E-state index in [1.807, 2.05) is 18.2 Å². The molecule has 0 spiro atoms. The maximum Gasteiger partial charge on any atom is 0.349 e. The maximum absolute atomic E-state index is 12.5. The van der Waals surface area contributed by atoms with E-state index in [0.717, 1.165) is 0 Å². The van der Waals surface area contributed by atoms with Gasteiger partial charge in [-0.3, -0.25) is 4.79 Å². The normalized spacial score (nSPS) is 10.6. The number of fused-ring (bicyclic) bond motifs is 1. The largest absolute Gasteiger partial charge is 0.490 e. The first-order valence-corrected chi connectivity index (χ1v) is 8.10. The summed E-state index contributed by atoms with van der Waals surface area (Å²) < 4.78 is 10.8. The summed E-state index contributed by atoms with van der Waals surface area (Å²) in [6, 6.07) is 15.7. The standard InChI is InChI=1S/C19H16ClNO4/c1-21(10-11-24-17-9-5-3-7-15(17)20)18(22)14-12-13-6-2-4-8-16(13)25-19(14)23/h2-9,12H,10-11H2,1H3. The number of halogens is 1. The Morgan fingerprint density at radius 2 is 1.88 bits per heavy atom. The summed E-state index contributed by atoms with van der Waals surface area (Å²) in [5.41, 5.74) is -0.199. The Hall–Kier alpha value is -2.79. The summed E-state index contributed by atoms with van der Waals surface area (Å²) in [7, 11) is 1.60. The van der Waals surface area contributed by atoms with E-state index in [1.165, 1.54) is 4.90 Å². The Kier molecular flexibility index (Phi) is 5.05. The molecule has 5 nitrogen and oxygen atoms in total. The number of carbonyl (C=O) groups is 1. The summed E-state index contributed by atoms with van der Waals surface area (Å²) in [5.74, 6) is 0.137. The first kappa shape index (κ1) is 17.0. The summed E-state index contributed by atoms with van der Waals surface area (Å²) in [6.45, 7) is 0.557. The predicted molar refractivity (Wildman–Crippen MR) is 96.4 cm³/mol. The molecule has 128 valence electrons. The van der Waals surface area contributed by atoms with Crippen molar-refractivity contribution in [3.63, 3.8) is 0 Å². The van der Waals surface area contributed by atoms with Crippen LogP contribution in [0.1, 0.15) is 10.4 Å². The lowest BCUT2D eigenvalue weighted by molar-refractivity contribution is 0.0770. The van der Waals surface area contributed by atoms with Crippen molar-refractivity contribution in [1.29, 1.82) is 0 Å². The highest BCUT2D eigenvalue weighted by Gasteiger charge is 2.17. The van der Waals surface area contributed by atoms with Crippen LogP contribution in [0.25, 0.3) is 11.0 Å². The fourth-order valence-electron chi connectivity index (χ4n) is 2.37. The third-order valence-corrected chi connectivity index (χ3v) is 4.05. The number of hydrogen-bond donors (Lipinski definition) is 0. The molecule has 0 saturated carbocycles. The Balaban J connectivity index is 1.69. The molecule has 1 aromatic heterocycles. The van der Waals surface area contributed by atoms with Gasteiger partial charge in [-0.05, 0) is 24.3 Å². The second kappa shape index (κ2) is 7.40. The van der Waals surface area contributed by atoms with E-state index in [0.29, 0.717) is 28.3 Å². The number of para-hydroxylation sites is 2. The molecule has 0 bridgehead atoms. The van der Waals surface area contributed by atoms with Gasteiger partial charge in [0, 0.05) is 12.4 Å². The Labute approximate surface area is 149 Å². The minimum absolute atomic E-state index is 0.000978. The minimum atomic E-state index is -0.650. The van der Waals surface area contributed by atoms with Crippen molar-refractivity contribution in [2.75, 3.05) is 20.2 Å². The van der Waals surface area contributed by atoms with E-state index in [4.69, 9.17) is 20.8 Å². The average molecular weight is 358 g/mol. The van der Waals surface area contributed by atoms with E-state index in [-0.39, 0.29) is 12.2 Å². The highest BCUT2D eigenvalue weighted by atomic mass is 35.5. The monoisotopic (exact) mass is 357 g/mol. The van der Waals surface area contributed by atoms with Crippen LogP contribution >= 0.6 is 11.6 Å². The first-order valence-electron chi connectivity index (χ1n) is 7.72. The van der Waals surface area contributed by atoms with Crippen molar-refractivity contribution < 1.29 is 13.9 Å². The van der Waals surface area contributed by atoms with E-state index >= 15 is 0 Å². The van der Waals surface area contributed by atoms with Gasteiger partial charge in [0.2, 0.25) is 0 Å². The summed E-state index contributed by atoms with van der Waals surface area (Å²) >= 11 is 6.01. The zero-order valence-corrected chi connectivity index (χ0v) is 14.3. The van der Waals surface area contributed by atoms with Gasteiger partial charge in [-0.15, -0.1) is 0 Å². The molecule has 0 aliphatic carbocycles. The zero-order chi connectivity index (χ0) is 17.8. The number of ether oxygens (including phenoxy) is 1. The van der Waals surface area contributed by atoms with Gasteiger partial charge in [0.1, 0.15) is 23.5 Å². The van der Waals surface area contributed by atoms with E-state index in [1.54, 1.807) is 43.4 Å². The van der Waals surface area contributed by atoms with Crippen molar-refractivity contribution >= 4 is 28.5 Å². The molecule has 1 amide bonds. The molecule has 0 atom stereocenters. The fraction of sp³-hybridized carbons (Fsp3) is 0.158. The number of nitrogens with zero attached hydrogens (tertiary/aromatic N) is 1. The molecule has 6 heteroatoms. The average Bonchev–Trinajstić information content (AvgIpc) is 2.62. The van der Waals surface area contributed by atoms with Crippen molar-refractivity contribution in [2.45, 2.75) is 0 Å². The van der Waals surface area contributed by atoms with E-state index < -0.39 is 11.5 Å². The van der Waals surface area contributed by atoms with Crippen LogP contribution in [0.5, 0.6) is 5.75 Å². The highest BCUT2D eigenvalue weighted by molar-refractivity contribution is 6.32. The Morgan fingerprint density at radius 3 is 2.68 bits per heavy atom. The second-order valence-electron chi connectivity index (χ2n) is 5.49. The topological polar surface area (TPSA) is 59.8 Å². The molecule has 1 heterocycles. The lowest BCUT2D eigenvalue weighted by Gasteiger charge is -2.17. The van der Waals surface area contributed by atoms with Gasteiger partial charge in [-0.25, -0.2) is 4.79 Å². The van der Waals surface area contributed by atoms with Gasteiger partial charge < -0.3 is 14.1 Å². The number of rotatable bonds is 5. The maximum atomic E-state index is 12.5. The van der Waals surface area contributed by atoms with Gasteiger partial charge in [0.25, 0.3) is 5.91 Å². The number of likely N-dealkylation sites (N-methyl/N-ethyl adjacent to an activating group) is 1. The Morgan fingerprint density at radius 1 is 1.16 bits per heavy atom. The number of benzene rings is 2. The molecule has 0 aliphatic heterocycles. The van der Waals surface area contributed by atoms with Crippen molar-refractivity contribution in [1.82, 2.24) is 4.90 Å². The third kappa shape index (κ3) is 3.83. The van der Waals surface area contributed by atoms with Crippen LogP contribution in [0.15, 0.2) is 63.8 Å². The molecule has 0 unspecified atom stereocenters. The van der Waals surface area contributed by atoms with E-state index in [9.17, 15) is 9.59 Å². The quantitative estimate of drug-likeness (QED) is 0.655. The van der Waals surface area contributed by atoms with Crippen LogP contribution in [0, 0.1) is 0 Å². The van der Waals surface area contributed by atoms with Crippen molar-refractivity contribution in [3.05, 3.63) is 75.6 Å². The zero-order valence-electron chi connectivity index (χ0n) is 13.6. The lowest BCUT2D eigenvalue weighted by Crippen LogP contribution is -2.33. The van der Waals surface area contributed by atoms with Crippen molar-refractivity contribution in [2.24, 2.45) is 0 Å². The third-order valence-electron chi connectivity index (χ3n) is 3.74. The fourth-order valence-corrected chi connectivity index (χ4v) is 2.56. The number of carbonyl (C=O) groups excluding carboxylic acids is 1. The van der Waals surface area contributed by atoms with Crippen LogP contribution in [-0.2, 0) is 0 Å². The molecule has 0 radical (unpaired) electrons. The van der Waals surface area contributed by atoms with Gasteiger partial charge in [-0.2, -0.15) is 0 Å². The highest BCUT2D eigenvalue weighted by Crippen LogP contribution is 2.22. The van der Waals surface area contributed by atoms with Crippen molar-refractivity contribution in [3.8, 4) is 5.75 Å². The summed E-state index contributed by atoms with van der Waals surface area (Å²) in [6.07, 6.45) is 0. The van der Waals surface area contributed by atoms with E-state index in [2.05, 4.69) is 0 Å². The number of hydrogen-bond acceptors (Lipinski definition) is 4. The molecule has 2 aromatic carbocycles. The molecule has 3 rings (SSSR count). The molecular formula is C19H16ClNO4. The first-order chi connectivity index (χ1) is 12.1. The second-order valence-corrected chi connectivity index (χ2v) is 5.90. The molecular weight excluding hydrogens is 342 g/mol. The predicted octanol–water partition coefficient (Wildman–Crippen LogP) is 3.60. The smallest absolute Gasteiger partial charge is 0.349 e. The van der Waals surface area contributed by atoms with Gasteiger partial charge in [-0.1, -0.05) is 41.9 Å². The van der Waals surface area contributed by atoms with Gasteiger partial charge in [0.05, 0.1) is 11.6 Å². The van der Waals surface area contributed by atoms with Crippen LogP contribution < -0.4 is 10.4 Å². The molecule has 0 aliphatic rings. The Bertz CT molecular complexity index is 967. The number of amides is 1. The molecule has 0 N–H and O–H groups in total. The molecule has 25 heavy (non-hydrogen) atoms. The summed E-state index contributed by atoms with van der Waals surface area (Å²) in [4.78, 5) is 26.0. The van der Waals surface area contributed by atoms with Crippen LogP contribution in [0.2, 0.25) is 5.02 Å².